The Morgan fingerprint density at radius 2 is 1.87 bits per heavy atom. The fraction of sp³-hybridized carbons (Fsp3) is 0.455. The number of aliphatic hydroxyl groups is 1. The first kappa shape index (κ1) is 12.6. The summed E-state index contributed by atoms with van der Waals surface area (Å²) < 4.78 is 5.46. The highest BCUT2D eigenvalue weighted by Crippen LogP contribution is 2.26. The molecule has 1 rings (SSSR count). The summed E-state index contributed by atoms with van der Waals surface area (Å²) in [7, 11) is 0. The molecule has 15 heavy (non-hydrogen) atoms. The molecule has 0 amide bonds. The Morgan fingerprint density at radius 1 is 1.07 bits per heavy atom. The summed E-state index contributed by atoms with van der Waals surface area (Å²) in [5, 5.41) is 9.61. The lowest BCUT2D eigenvalue weighted by molar-refractivity contribution is 0.266. The first-order valence-electron chi connectivity index (χ1n) is 4.93. The van der Waals surface area contributed by atoms with Gasteiger partial charge in [-0.2, -0.15) is 0 Å². The lowest BCUT2D eigenvalue weighted by atomic mass is 10.2. The van der Waals surface area contributed by atoms with E-state index in [0.29, 0.717) is 16.7 Å². The molecule has 0 heterocycles. The summed E-state index contributed by atoms with van der Waals surface area (Å²) >= 11 is 11.6. The molecule has 0 spiro atoms. The first-order valence-corrected chi connectivity index (χ1v) is 5.68. The largest absolute Gasteiger partial charge is 0.494 e. The van der Waals surface area contributed by atoms with E-state index in [9.17, 15) is 0 Å². The summed E-state index contributed by atoms with van der Waals surface area (Å²) in [6.45, 7) is 0.880. The topological polar surface area (TPSA) is 29.5 Å². The molecule has 0 radical (unpaired) electrons. The summed E-state index contributed by atoms with van der Waals surface area (Å²) in [4.78, 5) is 0. The fourth-order valence-corrected chi connectivity index (χ4v) is 1.44. The average Bonchev–Trinajstić information content (AvgIpc) is 2.23. The van der Waals surface area contributed by atoms with Crippen LogP contribution in [0, 0.1) is 0 Å². The summed E-state index contributed by atoms with van der Waals surface area (Å²) in [6.07, 6.45) is 2.73. The molecule has 4 heteroatoms. The van der Waals surface area contributed by atoms with Crippen molar-refractivity contribution < 1.29 is 9.84 Å². The third-order valence-corrected chi connectivity index (χ3v) is 2.70. The van der Waals surface area contributed by atoms with Gasteiger partial charge in [-0.25, -0.2) is 0 Å². The Labute approximate surface area is 99.8 Å². The van der Waals surface area contributed by atoms with Crippen molar-refractivity contribution in [1.29, 1.82) is 0 Å². The van der Waals surface area contributed by atoms with Gasteiger partial charge in [-0.05, 0) is 31.4 Å². The molecular weight excluding hydrogens is 235 g/mol. The highest BCUT2D eigenvalue weighted by atomic mass is 35.5. The van der Waals surface area contributed by atoms with Crippen molar-refractivity contribution in [2.24, 2.45) is 0 Å². The predicted octanol–water partition coefficient (Wildman–Crippen LogP) is 3.53. The van der Waals surface area contributed by atoms with Crippen LogP contribution >= 0.6 is 23.2 Å². The van der Waals surface area contributed by atoms with Gasteiger partial charge >= 0.3 is 0 Å². The molecule has 2 nitrogen and oxygen atoms in total. The standard InChI is InChI=1S/C11H14Cl2O2/c12-10-5-4-9(8-11(10)13)15-7-3-1-2-6-14/h4-5,8,14H,1-3,6-7H2. The second kappa shape index (κ2) is 6.94. The minimum Gasteiger partial charge on any atom is -0.494 e. The van der Waals surface area contributed by atoms with Gasteiger partial charge in [0.2, 0.25) is 0 Å². The molecule has 1 aromatic rings. The average molecular weight is 249 g/mol. The van der Waals surface area contributed by atoms with Crippen LogP contribution in [0.2, 0.25) is 10.0 Å². The zero-order chi connectivity index (χ0) is 11.1. The van der Waals surface area contributed by atoms with Gasteiger partial charge in [-0.1, -0.05) is 23.2 Å². The Bertz CT molecular complexity index is 303. The molecule has 1 N–H and O–H groups in total. The number of hydrogen-bond donors (Lipinski definition) is 1. The molecular formula is C11H14Cl2O2. The van der Waals surface area contributed by atoms with Crippen molar-refractivity contribution >= 4 is 23.2 Å². The molecule has 0 aromatic heterocycles. The van der Waals surface area contributed by atoms with Crippen molar-refractivity contribution in [3.05, 3.63) is 28.2 Å². The summed E-state index contributed by atoms with van der Waals surface area (Å²) in [5.74, 6) is 0.730. The first-order chi connectivity index (χ1) is 7.24. The minimum atomic E-state index is 0.243. The minimum absolute atomic E-state index is 0.243. The van der Waals surface area contributed by atoms with E-state index in [1.165, 1.54) is 0 Å². The molecule has 84 valence electrons. The fourth-order valence-electron chi connectivity index (χ4n) is 1.15. The number of benzene rings is 1. The van der Waals surface area contributed by atoms with Crippen LogP contribution in [0.15, 0.2) is 18.2 Å². The third kappa shape index (κ3) is 4.74. The third-order valence-electron chi connectivity index (χ3n) is 1.96. The Hall–Kier alpha value is -0.440. The molecule has 0 aliphatic carbocycles. The van der Waals surface area contributed by atoms with Crippen molar-refractivity contribution in [2.75, 3.05) is 13.2 Å². The highest BCUT2D eigenvalue weighted by molar-refractivity contribution is 6.42. The zero-order valence-electron chi connectivity index (χ0n) is 8.38. The van der Waals surface area contributed by atoms with Crippen molar-refractivity contribution in [1.82, 2.24) is 0 Å². The van der Waals surface area contributed by atoms with Crippen molar-refractivity contribution in [3.8, 4) is 5.75 Å². The van der Waals surface area contributed by atoms with Crippen LogP contribution in [0.5, 0.6) is 5.75 Å². The molecule has 0 unspecified atom stereocenters. The maximum atomic E-state index is 8.58. The molecule has 0 saturated carbocycles. The predicted molar refractivity (Wildman–Crippen MR) is 62.9 cm³/mol. The van der Waals surface area contributed by atoms with Crippen LogP contribution < -0.4 is 4.74 Å². The van der Waals surface area contributed by atoms with Gasteiger partial charge < -0.3 is 9.84 Å². The van der Waals surface area contributed by atoms with Gasteiger partial charge in [0.25, 0.3) is 0 Å². The second-order valence-corrected chi connectivity index (χ2v) is 4.02. The van der Waals surface area contributed by atoms with E-state index < -0.39 is 0 Å². The van der Waals surface area contributed by atoms with Gasteiger partial charge in [0.05, 0.1) is 16.7 Å². The van der Waals surface area contributed by atoms with E-state index in [0.717, 1.165) is 25.0 Å². The molecule has 1 aromatic carbocycles. The highest BCUT2D eigenvalue weighted by Gasteiger charge is 1.99. The van der Waals surface area contributed by atoms with Gasteiger partial charge in [0.15, 0.2) is 0 Å². The van der Waals surface area contributed by atoms with Crippen LogP contribution in [0.3, 0.4) is 0 Å². The van der Waals surface area contributed by atoms with Crippen LogP contribution in [-0.4, -0.2) is 18.3 Å². The molecule has 0 aliphatic rings. The van der Waals surface area contributed by atoms with Crippen LogP contribution in [0.1, 0.15) is 19.3 Å². The van der Waals surface area contributed by atoms with Gasteiger partial charge in [-0.3, -0.25) is 0 Å². The number of aliphatic hydroxyl groups excluding tert-OH is 1. The quantitative estimate of drug-likeness (QED) is 0.781. The van der Waals surface area contributed by atoms with E-state index >= 15 is 0 Å². The number of ether oxygens (including phenoxy) is 1. The Morgan fingerprint density at radius 3 is 2.53 bits per heavy atom. The number of hydrogen-bond acceptors (Lipinski definition) is 2. The Kier molecular flexibility index (Phi) is 5.84. The van der Waals surface area contributed by atoms with Gasteiger partial charge in [0, 0.05) is 12.7 Å². The van der Waals surface area contributed by atoms with Crippen LogP contribution in [0.4, 0.5) is 0 Å². The van der Waals surface area contributed by atoms with Crippen LogP contribution in [-0.2, 0) is 0 Å². The van der Waals surface area contributed by atoms with E-state index in [4.69, 9.17) is 33.0 Å². The maximum absolute atomic E-state index is 8.58. The van der Waals surface area contributed by atoms with E-state index in [2.05, 4.69) is 0 Å². The smallest absolute Gasteiger partial charge is 0.120 e. The number of halogens is 2. The monoisotopic (exact) mass is 248 g/mol. The van der Waals surface area contributed by atoms with Gasteiger partial charge in [-0.15, -0.1) is 0 Å². The lowest BCUT2D eigenvalue weighted by Crippen LogP contribution is -1.97. The molecule has 0 atom stereocenters. The second-order valence-electron chi connectivity index (χ2n) is 3.21. The van der Waals surface area contributed by atoms with Gasteiger partial charge in [0.1, 0.15) is 5.75 Å². The molecule has 0 bridgehead atoms. The van der Waals surface area contributed by atoms with E-state index in [1.807, 2.05) is 0 Å². The maximum Gasteiger partial charge on any atom is 0.120 e. The van der Waals surface area contributed by atoms with Crippen LogP contribution in [0.25, 0.3) is 0 Å². The molecule has 0 saturated heterocycles. The Balaban J connectivity index is 2.28. The normalized spacial score (nSPS) is 10.3. The summed E-state index contributed by atoms with van der Waals surface area (Å²) in [6, 6.07) is 5.21. The lowest BCUT2D eigenvalue weighted by Gasteiger charge is -2.06. The van der Waals surface area contributed by atoms with E-state index in [1.54, 1.807) is 18.2 Å². The van der Waals surface area contributed by atoms with Crippen molar-refractivity contribution in [2.45, 2.75) is 19.3 Å². The van der Waals surface area contributed by atoms with Crippen molar-refractivity contribution in [3.63, 3.8) is 0 Å². The molecule has 0 fully saturated rings. The molecule has 0 aliphatic heterocycles. The number of unbranched alkanes of at least 4 members (excludes halogenated alkanes) is 2. The van der Waals surface area contributed by atoms with E-state index in [-0.39, 0.29) is 6.61 Å². The number of rotatable bonds is 6. The zero-order valence-corrected chi connectivity index (χ0v) is 9.89. The summed E-state index contributed by atoms with van der Waals surface area (Å²) in [5.41, 5.74) is 0. The SMILES string of the molecule is OCCCCCOc1ccc(Cl)c(Cl)c1.